The molecule has 0 bridgehead atoms. The summed E-state index contributed by atoms with van der Waals surface area (Å²) in [5.74, 6) is 0.221. The van der Waals surface area contributed by atoms with E-state index in [2.05, 4.69) is 15.5 Å². The number of rotatable bonds is 8. The maximum atomic E-state index is 12.9. The molecule has 1 aromatic heterocycles. The third kappa shape index (κ3) is 5.49. The van der Waals surface area contributed by atoms with Crippen molar-refractivity contribution in [3.05, 3.63) is 65.5 Å². The molecule has 0 radical (unpaired) electrons. The number of carbonyl (C=O) groups excluding carboxylic acids is 1. The minimum atomic E-state index is -3.69. The number of carbonyl (C=O) groups is 1. The summed E-state index contributed by atoms with van der Waals surface area (Å²) in [5.41, 5.74) is 3.27. The van der Waals surface area contributed by atoms with E-state index >= 15 is 0 Å². The first-order valence-corrected chi connectivity index (χ1v) is 11.8. The molecule has 0 fully saturated rings. The van der Waals surface area contributed by atoms with Crippen LogP contribution in [0.25, 0.3) is 11.4 Å². The molecule has 3 aromatic rings. The fraction of sp³-hybridized carbons (Fsp3) is 0.318. The topological polar surface area (TPSA) is 105 Å². The standard InChI is InChI=1S/C22H26N4O4S/c1-5-19(26(31(4,28)29)18-8-6-7-16(3)13-18)22(27)23-14-20-24-21(25-30-20)17-11-9-15(2)10-12-17/h6-13,19H,5,14H2,1-4H3,(H,23,27). The first kappa shape index (κ1) is 22.5. The quantitative estimate of drug-likeness (QED) is 0.574. The van der Waals surface area contributed by atoms with E-state index in [1.165, 1.54) is 0 Å². The van der Waals surface area contributed by atoms with Crippen molar-refractivity contribution < 1.29 is 17.7 Å². The predicted octanol–water partition coefficient (Wildman–Crippen LogP) is 3.21. The Bertz CT molecular complexity index is 1160. The first-order chi connectivity index (χ1) is 14.7. The number of aryl methyl sites for hydroxylation is 2. The normalized spacial score (nSPS) is 12.4. The SMILES string of the molecule is CCC(C(=O)NCc1nc(-c2ccc(C)cc2)no1)N(c1cccc(C)c1)S(C)(=O)=O. The molecular weight excluding hydrogens is 416 g/mol. The molecule has 1 amide bonds. The highest BCUT2D eigenvalue weighted by atomic mass is 32.2. The summed E-state index contributed by atoms with van der Waals surface area (Å²) in [6, 6.07) is 13.8. The van der Waals surface area contributed by atoms with Crippen LogP contribution >= 0.6 is 0 Å². The Hall–Kier alpha value is -3.20. The van der Waals surface area contributed by atoms with E-state index in [0.717, 1.165) is 27.3 Å². The van der Waals surface area contributed by atoms with E-state index in [1.54, 1.807) is 25.1 Å². The van der Waals surface area contributed by atoms with Crippen molar-refractivity contribution in [3.8, 4) is 11.4 Å². The van der Waals surface area contributed by atoms with E-state index in [4.69, 9.17) is 4.52 Å². The number of sulfonamides is 1. The number of anilines is 1. The molecule has 3 rings (SSSR count). The zero-order valence-electron chi connectivity index (χ0n) is 18.0. The van der Waals surface area contributed by atoms with Crippen LogP contribution in [0, 0.1) is 13.8 Å². The average molecular weight is 443 g/mol. The molecule has 31 heavy (non-hydrogen) atoms. The van der Waals surface area contributed by atoms with E-state index in [9.17, 15) is 13.2 Å². The Morgan fingerprint density at radius 1 is 1.13 bits per heavy atom. The molecule has 0 aliphatic heterocycles. The van der Waals surface area contributed by atoms with Crippen molar-refractivity contribution in [3.63, 3.8) is 0 Å². The second-order valence-corrected chi connectivity index (χ2v) is 9.28. The van der Waals surface area contributed by atoms with Crippen LogP contribution in [0.4, 0.5) is 5.69 Å². The van der Waals surface area contributed by atoms with Gasteiger partial charge in [0.15, 0.2) is 0 Å². The van der Waals surface area contributed by atoms with Gasteiger partial charge >= 0.3 is 0 Å². The summed E-state index contributed by atoms with van der Waals surface area (Å²) in [6.45, 7) is 5.62. The van der Waals surface area contributed by atoms with E-state index in [0.29, 0.717) is 17.9 Å². The van der Waals surface area contributed by atoms with Crippen molar-refractivity contribution in [1.82, 2.24) is 15.5 Å². The Balaban J connectivity index is 1.75. The molecule has 0 spiro atoms. The summed E-state index contributed by atoms with van der Waals surface area (Å²) < 4.78 is 31.4. The zero-order valence-corrected chi connectivity index (χ0v) is 18.8. The highest BCUT2D eigenvalue weighted by molar-refractivity contribution is 7.92. The lowest BCUT2D eigenvalue weighted by Crippen LogP contribution is -2.49. The molecular formula is C22H26N4O4S. The summed E-state index contributed by atoms with van der Waals surface area (Å²) in [7, 11) is -3.69. The maximum Gasteiger partial charge on any atom is 0.246 e. The van der Waals surface area contributed by atoms with Gasteiger partial charge in [-0.05, 0) is 38.0 Å². The average Bonchev–Trinajstić information content (AvgIpc) is 3.18. The number of hydrogen-bond acceptors (Lipinski definition) is 6. The summed E-state index contributed by atoms with van der Waals surface area (Å²) >= 11 is 0. The molecule has 2 aromatic carbocycles. The third-order valence-corrected chi connectivity index (χ3v) is 5.96. The lowest BCUT2D eigenvalue weighted by atomic mass is 10.1. The second-order valence-electron chi connectivity index (χ2n) is 7.42. The molecule has 1 unspecified atom stereocenters. The molecule has 1 heterocycles. The molecule has 0 aliphatic rings. The zero-order chi connectivity index (χ0) is 22.6. The highest BCUT2D eigenvalue weighted by Gasteiger charge is 2.31. The van der Waals surface area contributed by atoms with Crippen molar-refractivity contribution >= 4 is 21.6 Å². The van der Waals surface area contributed by atoms with Crippen LogP contribution in [0.1, 0.15) is 30.4 Å². The summed E-state index contributed by atoms with van der Waals surface area (Å²) in [5, 5.41) is 6.67. The van der Waals surface area contributed by atoms with Gasteiger partial charge < -0.3 is 9.84 Å². The number of hydrogen-bond donors (Lipinski definition) is 1. The number of aromatic nitrogens is 2. The van der Waals surface area contributed by atoms with E-state index in [1.807, 2.05) is 44.2 Å². The summed E-state index contributed by atoms with van der Waals surface area (Å²) in [4.78, 5) is 17.2. The van der Waals surface area contributed by atoms with Gasteiger partial charge in [-0.2, -0.15) is 4.98 Å². The largest absolute Gasteiger partial charge is 0.345 e. The van der Waals surface area contributed by atoms with Crippen LogP contribution in [-0.2, 0) is 21.4 Å². The molecule has 8 nitrogen and oxygen atoms in total. The van der Waals surface area contributed by atoms with Gasteiger partial charge in [0.05, 0.1) is 18.5 Å². The minimum Gasteiger partial charge on any atom is -0.345 e. The van der Waals surface area contributed by atoms with Crippen LogP contribution in [0.5, 0.6) is 0 Å². The van der Waals surface area contributed by atoms with Gasteiger partial charge in [-0.3, -0.25) is 9.10 Å². The number of amides is 1. The van der Waals surface area contributed by atoms with Gasteiger partial charge in [0, 0.05) is 5.56 Å². The van der Waals surface area contributed by atoms with Crippen LogP contribution in [0.2, 0.25) is 0 Å². The number of nitrogens with zero attached hydrogens (tertiary/aromatic N) is 3. The molecule has 0 saturated carbocycles. The predicted molar refractivity (Wildman–Crippen MR) is 119 cm³/mol. The molecule has 0 saturated heterocycles. The molecule has 1 atom stereocenters. The van der Waals surface area contributed by atoms with Crippen molar-refractivity contribution in [2.45, 2.75) is 39.8 Å². The van der Waals surface area contributed by atoms with Gasteiger partial charge in [0.2, 0.25) is 27.6 Å². The highest BCUT2D eigenvalue weighted by Crippen LogP contribution is 2.23. The molecule has 164 valence electrons. The van der Waals surface area contributed by atoms with Crippen LogP contribution in [0.3, 0.4) is 0 Å². The van der Waals surface area contributed by atoms with Crippen LogP contribution in [-0.4, -0.2) is 36.8 Å². The third-order valence-electron chi connectivity index (χ3n) is 4.78. The minimum absolute atomic E-state index is 0.000383. The lowest BCUT2D eigenvalue weighted by Gasteiger charge is -2.30. The maximum absolute atomic E-state index is 12.9. The summed E-state index contributed by atoms with van der Waals surface area (Å²) in [6.07, 6.45) is 1.39. The lowest BCUT2D eigenvalue weighted by molar-refractivity contribution is -0.122. The Morgan fingerprint density at radius 3 is 2.45 bits per heavy atom. The smallest absolute Gasteiger partial charge is 0.246 e. The van der Waals surface area contributed by atoms with Crippen LogP contribution < -0.4 is 9.62 Å². The Morgan fingerprint density at radius 2 is 1.84 bits per heavy atom. The van der Waals surface area contributed by atoms with Crippen molar-refractivity contribution in [2.75, 3.05) is 10.6 Å². The molecule has 0 aliphatic carbocycles. The van der Waals surface area contributed by atoms with Gasteiger partial charge in [-0.1, -0.05) is 54.0 Å². The Labute approximate surface area is 182 Å². The number of nitrogens with one attached hydrogen (secondary N) is 1. The van der Waals surface area contributed by atoms with Gasteiger partial charge in [0.1, 0.15) is 6.04 Å². The van der Waals surface area contributed by atoms with Gasteiger partial charge in [0.25, 0.3) is 0 Å². The van der Waals surface area contributed by atoms with Gasteiger partial charge in [-0.15, -0.1) is 0 Å². The van der Waals surface area contributed by atoms with Crippen molar-refractivity contribution in [1.29, 1.82) is 0 Å². The Kier molecular flexibility index (Phi) is 6.74. The number of benzene rings is 2. The molecule has 1 N–H and O–H groups in total. The second kappa shape index (κ2) is 9.30. The molecule has 9 heteroatoms. The van der Waals surface area contributed by atoms with E-state index < -0.39 is 22.0 Å². The van der Waals surface area contributed by atoms with Crippen LogP contribution in [0.15, 0.2) is 53.1 Å². The monoisotopic (exact) mass is 442 g/mol. The fourth-order valence-corrected chi connectivity index (χ4v) is 4.46. The van der Waals surface area contributed by atoms with Gasteiger partial charge in [-0.25, -0.2) is 8.42 Å². The van der Waals surface area contributed by atoms with Crippen molar-refractivity contribution in [2.24, 2.45) is 0 Å². The van der Waals surface area contributed by atoms with E-state index in [-0.39, 0.29) is 12.4 Å². The fourth-order valence-electron chi connectivity index (χ4n) is 3.25. The first-order valence-electron chi connectivity index (χ1n) is 9.92.